The van der Waals surface area contributed by atoms with Crippen LogP contribution in [-0.2, 0) is 0 Å². The van der Waals surface area contributed by atoms with E-state index in [4.69, 9.17) is 5.53 Å². The van der Waals surface area contributed by atoms with Crippen molar-refractivity contribution in [3.8, 4) is 0 Å². The van der Waals surface area contributed by atoms with Gasteiger partial charge in [-0.25, -0.2) is 0 Å². The molecule has 2 aromatic rings. The summed E-state index contributed by atoms with van der Waals surface area (Å²) in [5.74, 6) is 0. The molecule has 0 saturated carbocycles. The third-order valence-electron chi connectivity index (χ3n) is 3.11. The second-order valence-electron chi connectivity index (χ2n) is 4.58. The standard InChI is InChI=1S/C16H17N5/c1-21(13-12-19-20-17)16-6-4-14(5-7-16)2-3-15-8-10-18-11-9-15/h2-11H,12-13H2,1H3/b3-2+. The third-order valence-corrected chi connectivity index (χ3v) is 3.11. The molecule has 21 heavy (non-hydrogen) atoms. The van der Waals surface area contributed by atoms with Crippen LogP contribution in [0.4, 0.5) is 5.69 Å². The fourth-order valence-electron chi connectivity index (χ4n) is 1.88. The van der Waals surface area contributed by atoms with Crippen molar-refractivity contribution in [1.29, 1.82) is 0 Å². The van der Waals surface area contributed by atoms with E-state index in [1.54, 1.807) is 12.4 Å². The van der Waals surface area contributed by atoms with Gasteiger partial charge in [-0.05, 0) is 40.9 Å². The lowest BCUT2D eigenvalue weighted by Crippen LogP contribution is -2.20. The zero-order valence-electron chi connectivity index (χ0n) is 11.9. The van der Waals surface area contributed by atoms with Crippen molar-refractivity contribution in [3.05, 3.63) is 70.4 Å². The van der Waals surface area contributed by atoms with Gasteiger partial charge in [0.2, 0.25) is 0 Å². The molecule has 0 aliphatic heterocycles. The molecule has 0 aliphatic carbocycles. The Labute approximate surface area is 124 Å². The van der Waals surface area contributed by atoms with Crippen LogP contribution in [0.3, 0.4) is 0 Å². The number of pyridine rings is 1. The fraction of sp³-hybridized carbons (Fsp3) is 0.188. The molecule has 0 unspecified atom stereocenters. The molecular weight excluding hydrogens is 262 g/mol. The molecule has 0 bridgehead atoms. The van der Waals surface area contributed by atoms with Crippen molar-refractivity contribution < 1.29 is 0 Å². The van der Waals surface area contributed by atoms with Crippen LogP contribution in [-0.4, -0.2) is 25.1 Å². The number of aromatic nitrogens is 1. The van der Waals surface area contributed by atoms with Gasteiger partial charge in [-0.2, -0.15) is 0 Å². The number of likely N-dealkylation sites (N-methyl/N-ethyl adjacent to an activating group) is 1. The second-order valence-corrected chi connectivity index (χ2v) is 4.58. The van der Waals surface area contributed by atoms with E-state index >= 15 is 0 Å². The number of benzene rings is 1. The fourth-order valence-corrected chi connectivity index (χ4v) is 1.88. The highest BCUT2D eigenvalue weighted by molar-refractivity contribution is 5.70. The predicted molar refractivity (Wildman–Crippen MR) is 86.9 cm³/mol. The summed E-state index contributed by atoms with van der Waals surface area (Å²) >= 11 is 0. The van der Waals surface area contributed by atoms with Gasteiger partial charge in [-0.15, -0.1) is 0 Å². The summed E-state index contributed by atoms with van der Waals surface area (Å²) in [5.41, 5.74) is 11.6. The number of azide groups is 1. The normalized spacial score (nSPS) is 10.3. The lowest BCUT2D eigenvalue weighted by Gasteiger charge is -2.18. The molecule has 5 heteroatoms. The second kappa shape index (κ2) is 7.72. The molecule has 1 heterocycles. The quantitative estimate of drug-likeness (QED) is 0.455. The Morgan fingerprint density at radius 2 is 1.71 bits per heavy atom. The monoisotopic (exact) mass is 279 g/mol. The highest BCUT2D eigenvalue weighted by atomic mass is 15.2. The summed E-state index contributed by atoms with van der Waals surface area (Å²) in [7, 11) is 1.98. The molecule has 0 N–H and O–H groups in total. The first-order chi connectivity index (χ1) is 10.3. The van der Waals surface area contributed by atoms with E-state index in [1.165, 1.54) is 0 Å². The average molecular weight is 279 g/mol. The smallest absolute Gasteiger partial charge is 0.0434 e. The molecule has 0 aliphatic rings. The number of hydrogen-bond acceptors (Lipinski definition) is 3. The summed E-state index contributed by atoms with van der Waals surface area (Å²) in [5, 5.41) is 3.54. The van der Waals surface area contributed by atoms with Gasteiger partial charge in [-0.1, -0.05) is 29.4 Å². The Balaban J connectivity index is 1.98. The van der Waals surface area contributed by atoms with E-state index in [-0.39, 0.29) is 0 Å². The SMILES string of the molecule is CN(CCN=[N+]=[N-])c1ccc(/C=C/c2ccncc2)cc1. The average Bonchev–Trinajstić information content (AvgIpc) is 2.54. The van der Waals surface area contributed by atoms with Crippen LogP contribution in [0.1, 0.15) is 11.1 Å². The van der Waals surface area contributed by atoms with Crippen LogP contribution in [0.5, 0.6) is 0 Å². The van der Waals surface area contributed by atoms with Gasteiger partial charge >= 0.3 is 0 Å². The Bertz CT molecular complexity index is 627. The Morgan fingerprint density at radius 1 is 1.10 bits per heavy atom. The van der Waals surface area contributed by atoms with Gasteiger partial charge in [0.15, 0.2) is 0 Å². The number of nitrogens with zero attached hydrogens (tertiary/aromatic N) is 5. The number of rotatable bonds is 6. The van der Waals surface area contributed by atoms with Crippen LogP contribution in [0.25, 0.3) is 22.6 Å². The minimum absolute atomic E-state index is 0.469. The van der Waals surface area contributed by atoms with Crippen LogP contribution < -0.4 is 4.90 Å². The first-order valence-corrected chi connectivity index (χ1v) is 6.70. The number of hydrogen-bond donors (Lipinski definition) is 0. The lowest BCUT2D eigenvalue weighted by molar-refractivity contribution is 0.879. The Hall–Kier alpha value is -2.78. The van der Waals surface area contributed by atoms with Crippen molar-refractivity contribution in [1.82, 2.24) is 4.98 Å². The predicted octanol–water partition coefficient (Wildman–Crippen LogP) is 4.00. The highest BCUT2D eigenvalue weighted by Crippen LogP contribution is 2.15. The maximum absolute atomic E-state index is 8.27. The Kier molecular flexibility index (Phi) is 5.38. The lowest BCUT2D eigenvalue weighted by atomic mass is 10.1. The van der Waals surface area contributed by atoms with Crippen molar-refractivity contribution in [2.24, 2.45) is 5.11 Å². The van der Waals surface area contributed by atoms with Gasteiger partial charge in [0.25, 0.3) is 0 Å². The highest BCUT2D eigenvalue weighted by Gasteiger charge is 1.99. The molecule has 0 saturated heterocycles. The molecule has 1 aromatic carbocycles. The molecule has 0 atom stereocenters. The van der Waals surface area contributed by atoms with Crippen LogP contribution in [0.15, 0.2) is 53.9 Å². The third kappa shape index (κ3) is 4.67. The summed E-state index contributed by atoms with van der Waals surface area (Å²) in [6.45, 7) is 1.17. The van der Waals surface area contributed by atoms with Crippen molar-refractivity contribution >= 4 is 17.8 Å². The van der Waals surface area contributed by atoms with E-state index < -0.39 is 0 Å². The molecule has 106 valence electrons. The van der Waals surface area contributed by atoms with Gasteiger partial charge < -0.3 is 4.90 Å². The zero-order valence-corrected chi connectivity index (χ0v) is 11.9. The van der Waals surface area contributed by atoms with Crippen molar-refractivity contribution in [2.45, 2.75) is 0 Å². The molecule has 1 aromatic heterocycles. The largest absolute Gasteiger partial charge is 0.374 e. The van der Waals surface area contributed by atoms with Crippen LogP contribution >= 0.6 is 0 Å². The van der Waals surface area contributed by atoms with E-state index in [0.717, 1.165) is 16.8 Å². The van der Waals surface area contributed by atoms with E-state index in [9.17, 15) is 0 Å². The van der Waals surface area contributed by atoms with Crippen LogP contribution in [0, 0.1) is 0 Å². The van der Waals surface area contributed by atoms with E-state index in [1.807, 2.05) is 19.2 Å². The minimum atomic E-state index is 0.469. The molecule has 0 radical (unpaired) electrons. The molecule has 0 fully saturated rings. The van der Waals surface area contributed by atoms with Gasteiger partial charge in [0.1, 0.15) is 0 Å². The Morgan fingerprint density at radius 3 is 2.33 bits per heavy atom. The zero-order chi connectivity index (χ0) is 14.9. The molecule has 2 rings (SSSR count). The first kappa shape index (κ1) is 14.6. The van der Waals surface area contributed by atoms with Crippen LogP contribution in [0.2, 0.25) is 0 Å². The van der Waals surface area contributed by atoms with Crippen molar-refractivity contribution in [2.75, 3.05) is 25.0 Å². The molecular formula is C16H17N5. The van der Waals surface area contributed by atoms with Gasteiger partial charge in [-0.3, -0.25) is 4.98 Å². The molecule has 5 nitrogen and oxygen atoms in total. The summed E-state index contributed by atoms with van der Waals surface area (Å²) in [6.07, 6.45) is 7.68. The number of anilines is 1. The summed E-state index contributed by atoms with van der Waals surface area (Å²) < 4.78 is 0. The topological polar surface area (TPSA) is 64.9 Å². The van der Waals surface area contributed by atoms with E-state index in [0.29, 0.717) is 13.1 Å². The summed E-state index contributed by atoms with van der Waals surface area (Å²) in [4.78, 5) is 8.81. The van der Waals surface area contributed by atoms with Crippen molar-refractivity contribution in [3.63, 3.8) is 0 Å². The van der Waals surface area contributed by atoms with Gasteiger partial charge in [0.05, 0.1) is 0 Å². The van der Waals surface area contributed by atoms with Gasteiger partial charge in [0, 0.05) is 43.1 Å². The maximum atomic E-state index is 8.27. The summed E-state index contributed by atoms with van der Waals surface area (Å²) in [6, 6.07) is 12.2. The molecule has 0 spiro atoms. The minimum Gasteiger partial charge on any atom is -0.374 e. The maximum Gasteiger partial charge on any atom is 0.0434 e. The first-order valence-electron chi connectivity index (χ1n) is 6.70. The van der Waals surface area contributed by atoms with E-state index in [2.05, 4.69) is 56.3 Å². The molecule has 0 amide bonds.